The lowest BCUT2D eigenvalue weighted by Crippen LogP contribution is -2.38. The molecule has 0 aromatic carbocycles. The summed E-state index contributed by atoms with van der Waals surface area (Å²) in [6.45, 7) is 4.97. The van der Waals surface area contributed by atoms with E-state index in [9.17, 15) is 9.59 Å². The van der Waals surface area contributed by atoms with Gasteiger partial charge < -0.3 is 10.2 Å². The Balaban J connectivity index is 1.71. The molecule has 1 saturated heterocycles. The summed E-state index contributed by atoms with van der Waals surface area (Å²) in [6.07, 6.45) is 6.61. The van der Waals surface area contributed by atoms with E-state index in [-0.39, 0.29) is 24.4 Å². The lowest BCUT2D eigenvalue weighted by atomic mass is 10.2. The SMILES string of the molecule is CC(C)n1nc2c(c1NC(=O)CN1CCCCCC1=O)CCC2. The molecule has 6 heteroatoms. The van der Waals surface area contributed by atoms with Crippen LogP contribution in [0.4, 0.5) is 5.82 Å². The minimum atomic E-state index is -0.114. The van der Waals surface area contributed by atoms with E-state index in [1.54, 1.807) is 4.90 Å². The Labute approximate surface area is 137 Å². The maximum absolute atomic E-state index is 12.5. The van der Waals surface area contributed by atoms with Crippen LogP contribution in [0.1, 0.15) is 63.3 Å². The second kappa shape index (κ2) is 6.72. The van der Waals surface area contributed by atoms with E-state index < -0.39 is 0 Å². The van der Waals surface area contributed by atoms with Crippen LogP contribution in [0.25, 0.3) is 0 Å². The van der Waals surface area contributed by atoms with Crippen LogP contribution in [0.3, 0.4) is 0 Å². The highest BCUT2D eigenvalue weighted by Crippen LogP contribution is 2.30. The number of likely N-dealkylation sites (tertiary alicyclic amines) is 1. The maximum atomic E-state index is 12.5. The van der Waals surface area contributed by atoms with E-state index in [0.29, 0.717) is 13.0 Å². The van der Waals surface area contributed by atoms with E-state index in [4.69, 9.17) is 0 Å². The van der Waals surface area contributed by atoms with Crippen molar-refractivity contribution in [2.24, 2.45) is 0 Å². The Morgan fingerprint density at radius 1 is 1.17 bits per heavy atom. The number of carbonyl (C=O) groups excluding carboxylic acids is 2. The lowest BCUT2D eigenvalue weighted by Gasteiger charge is -2.20. The van der Waals surface area contributed by atoms with E-state index in [1.165, 1.54) is 5.56 Å². The Hall–Kier alpha value is -1.85. The third kappa shape index (κ3) is 3.41. The lowest BCUT2D eigenvalue weighted by molar-refractivity contribution is -0.134. The van der Waals surface area contributed by atoms with E-state index in [1.807, 2.05) is 4.68 Å². The van der Waals surface area contributed by atoms with Crippen molar-refractivity contribution in [3.8, 4) is 0 Å². The fourth-order valence-corrected chi connectivity index (χ4v) is 3.47. The number of nitrogens with one attached hydrogen (secondary N) is 1. The normalized spacial score (nSPS) is 18.2. The minimum absolute atomic E-state index is 0.0975. The van der Waals surface area contributed by atoms with Crippen molar-refractivity contribution in [3.63, 3.8) is 0 Å². The van der Waals surface area contributed by atoms with Gasteiger partial charge in [-0.1, -0.05) is 6.42 Å². The number of fused-ring (bicyclic) bond motifs is 1. The number of anilines is 1. The smallest absolute Gasteiger partial charge is 0.245 e. The van der Waals surface area contributed by atoms with Gasteiger partial charge in [-0.3, -0.25) is 9.59 Å². The van der Waals surface area contributed by atoms with Crippen LogP contribution in [0.2, 0.25) is 0 Å². The summed E-state index contributed by atoms with van der Waals surface area (Å²) in [4.78, 5) is 26.2. The molecule has 1 aromatic heterocycles. The number of aryl methyl sites for hydroxylation is 1. The first-order valence-electron chi connectivity index (χ1n) is 8.74. The number of hydrogen-bond donors (Lipinski definition) is 1. The molecule has 126 valence electrons. The van der Waals surface area contributed by atoms with E-state index >= 15 is 0 Å². The molecule has 0 bridgehead atoms. The number of nitrogens with zero attached hydrogens (tertiary/aromatic N) is 3. The van der Waals surface area contributed by atoms with Gasteiger partial charge in [0, 0.05) is 24.6 Å². The van der Waals surface area contributed by atoms with Crippen molar-refractivity contribution in [2.45, 2.75) is 64.8 Å². The molecule has 2 aliphatic rings. The second-order valence-electron chi connectivity index (χ2n) is 6.84. The molecule has 23 heavy (non-hydrogen) atoms. The van der Waals surface area contributed by atoms with Crippen molar-refractivity contribution in [1.29, 1.82) is 0 Å². The Kier molecular flexibility index (Phi) is 4.68. The first kappa shape index (κ1) is 16.0. The Morgan fingerprint density at radius 2 is 2.00 bits per heavy atom. The average molecular weight is 318 g/mol. The van der Waals surface area contributed by atoms with E-state index in [2.05, 4.69) is 24.3 Å². The third-order valence-corrected chi connectivity index (χ3v) is 4.68. The van der Waals surface area contributed by atoms with Crippen molar-refractivity contribution >= 4 is 17.6 Å². The van der Waals surface area contributed by atoms with Crippen molar-refractivity contribution < 1.29 is 9.59 Å². The quantitative estimate of drug-likeness (QED) is 0.926. The van der Waals surface area contributed by atoms with E-state index in [0.717, 1.165) is 50.0 Å². The van der Waals surface area contributed by atoms with Gasteiger partial charge in [0.25, 0.3) is 0 Å². The van der Waals surface area contributed by atoms with Crippen LogP contribution < -0.4 is 5.32 Å². The zero-order valence-corrected chi connectivity index (χ0v) is 14.1. The van der Waals surface area contributed by atoms with Crippen LogP contribution in [0.5, 0.6) is 0 Å². The van der Waals surface area contributed by atoms with Crippen molar-refractivity contribution in [1.82, 2.24) is 14.7 Å². The van der Waals surface area contributed by atoms with Gasteiger partial charge in [-0.05, 0) is 46.0 Å². The minimum Gasteiger partial charge on any atom is -0.333 e. The topological polar surface area (TPSA) is 67.2 Å². The first-order valence-corrected chi connectivity index (χ1v) is 8.74. The molecule has 6 nitrogen and oxygen atoms in total. The van der Waals surface area contributed by atoms with Gasteiger partial charge in [0.1, 0.15) is 5.82 Å². The number of aromatic nitrogens is 2. The molecule has 2 heterocycles. The molecule has 0 atom stereocenters. The second-order valence-corrected chi connectivity index (χ2v) is 6.84. The fourth-order valence-electron chi connectivity index (χ4n) is 3.47. The van der Waals surface area contributed by atoms with Crippen LogP contribution in [0, 0.1) is 0 Å². The highest BCUT2D eigenvalue weighted by Gasteiger charge is 2.26. The third-order valence-electron chi connectivity index (χ3n) is 4.68. The zero-order valence-electron chi connectivity index (χ0n) is 14.1. The van der Waals surface area contributed by atoms with Gasteiger partial charge in [-0.25, -0.2) is 4.68 Å². The standard InChI is InChI=1S/C17H26N4O2/c1-12(2)21-17(13-7-6-8-14(13)19-21)18-15(22)11-20-10-5-3-4-9-16(20)23/h12H,3-11H2,1-2H3,(H,18,22). The van der Waals surface area contributed by atoms with Crippen molar-refractivity contribution in [3.05, 3.63) is 11.3 Å². The number of hydrogen-bond acceptors (Lipinski definition) is 3. The summed E-state index contributed by atoms with van der Waals surface area (Å²) in [5.74, 6) is 0.816. The summed E-state index contributed by atoms with van der Waals surface area (Å²) in [6, 6.07) is 0.204. The van der Waals surface area contributed by atoms with Gasteiger partial charge >= 0.3 is 0 Å². The van der Waals surface area contributed by atoms with Gasteiger partial charge in [-0.2, -0.15) is 5.10 Å². The fraction of sp³-hybridized carbons (Fsp3) is 0.706. The number of rotatable bonds is 4. The predicted octanol–water partition coefficient (Wildman–Crippen LogP) is 2.29. The Bertz CT molecular complexity index is 606. The average Bonchev–Trinajstić information content (AvgIpc) is 3.02. The molecule has 1 aromatic rings. The molecule has 1 aliphatic heterocycles. The van der Waals surface area contributed by atoms with Crippen LogP contribution >= 0.6 is 0 Å². The molecule has 2 amide bonds. The number of carbonyl (C=O) groups is 2. The molecule has 1 fully saturated rings. The summed E-state index contributed by atoms with van der Waals surface area (Å²) >= 11 is 0. The maximum Gasteiger partial charge on any atom is 0.245 e. The van der Waals surface area contributed by atoms with Crippen LogP contribution in [-0.4, -0.2) is 39.6 Å². The van der Waals surface area contributed by atoms with Gasteiger partial charge in [0.15, 0.2) is 0 Å². The summed E-state index contributed by atoms with van der Waals surface area (Å²) in [7, 11) is 0. The zero-order chi connectivity index (χ0) is 16.4. The van der Waals surface area contributed by atoms with Gasteiger partial charge in [0.2, 0.25) is 11.8 Å². The first-order chi connectivity index (χ1) is 11.1. The molecular formula is C17H26N4O2. The largest absolute Gasteiger partial charge is 0.333 e. The van der Waals surface area contributed by atoms with Crippen molar-refractivity contribution in [2.75, 3.05) is 18.4 Å². The predicted molar refractivity (Wildman–Crippen MR) is 88.3 cm³/mol. The molecule has 3 rings (SSSR count). The summed E-state index contributed by atoms with van der Waals surface area (Å²) < 4.78 is 1.91. The summed E-state index contributed by atoms with van der Waals surface area (Å²) in [5, 5.41) is 7.67. The highest BCUT2D eigenvalue weighted by atomic mass is 16.2. The van der Waals surface area contributed by atoms with Gasteiger partial charge in [0.05, 0.1) is 12.2 Å². The monoisotopic (exact) mass is 318 g/mol. The molecule has 0 saturated carbocycles. The van der Waals surface area contributed by atoms with Crippen LogP contribution in [0.15, 0.2) is 0 Å². The van der Waals surface area contributed by atoms with Gasteiger partial charge in [-0.15, -0.1) is 0 Å². The molecule has 0 spiro atoms. The molecular weight excluding hydrogens is 292 g/mol. The molecule has 0 radical (unpaired) electrons. The highest BCUT2D eigenvalue weighted by molar-refractivity contribution is 5.94. The molecule has 1 N–H and O–H groups in total. The molecule has 1 aliphatic carbocycles. The van der Waals surface area contributed by atoms with Crippen LogP contribution in [-0.2, 0) is 22.4 Å². The Morgan fingerprint density at radius 3 is 2.78 bits per heavy atom. The number of amides is 2. The summed E-state index contributed by atoms with van der Waals surface area (Å²) in [5.41, 5.74) is 2.29. The molecule has 0 unspecified atom stereocenters.